The van der Waals surface area contributed by atoms with Gasteiger partial charge in [0.25, 0.3) is 0 Å². The van der Waals surface area contributed by atoms with Crippen molar-refractivity contribution in [2.24, 2.45) is 0 Å². The Labute approximate surface area is 99.2 Å². The van der Waals surface area contributed by atoms with Gasteiger partial charge < -0.3 is 10.2 Å². The molecule has 2 amide bonds. The maximum absolute atomic E-state index is 11.3. The second kappa shape index (κ2) is 7.08. The summed E-state index contributed by atoms with van der Waals surface area (Å²) in [6.07, 6.45) is 0. The number of nitro groups is 2. The number of carbonyl (C=O) groups excluding carboxylic acids is 2. The number of hydrogen-bond donors (Lipinski definition) is 2. The van der Waals surface area contributed by atoms with E-state index in [4.69, 9.17) is 10.2 Å². The summed E-state index contributed by atoms with van der Waals surface area (Å²) in [5.41, 5.74) is 0. The Kier molecular flexibility index (Phi) is 6.16. The van der Waals surface area contributed by atoms with Gasteiger partial charge in [0.1, 0.15) is 13.1 Å². The molecule has 0 aliphatic heterocycles. The van der Waals surface area contributed by atoms with Crippen molar-refractivity contribution < 1.29 is 29.9 Å². The predicted octanol–water partition coefficient (Wildman–Crippen LogP) is -2.99. The summed E-state index contributed by atoms with van der Waals surface area (Å²) in [6, 6.07) is 0. The van der Waals surface area contributed by atoms with Crippen molar-refractivity contribution in [3.63, 3.8) is 0 Å². The normalized spacial score (nSPS) is 9.67. The van der Waals surface area contributed by atoms with E-state index < -0.39 is 48.2 Å². The van der Waals surface area contributed by atoms with Gasteiger partial charge in [0.2, 0.25) is 0 Å². The standard InChI is InChI=1S/C6H10N4O8/c11-3-1-7(9(15)16)5(13)6(14)8(2-4-12)10(17)18/h11-12H,1-4H2. The van der Waals surface area contributed by atoms with Crippen molar-refractivity contribution in [1.82, 2.24) is 10.0 Å². The van der Waals surface area contributed by atoms with Crippen LogP contribution in [0.2, 0.25) is 0 Å². The molecule has 0 bridgehead atoms. The molecule has 0 atom stereocenters. The molecule has 18 heavy (non-hydrogen) atoms. The van der Waals surface area contributed by atoms with Crippen LogP contribution in [0.3, 0.4) is 0 Å². The lowest BCUT2D eigenvalue weighted by Gasteiger charge is -2.13. The lowest BCUT2D eigenvalue weighted by atomic mass is 10.4. The first-order chi connectivity index (χ1) is 8.36. The number of aliphatic hydroxyl groups excluding tert-OH is 2. The molecule has 0 spiro atoms. The van der Waals surface area contributed by atoms with Crippen LogP contribution in [0.4, 0.5) is 0 Å². The molecule has 12 nitrogen and oxygen atoms in total. The number of hydrazine groups is 2. The minimum Gasteiger partial charge on any atom is -0.394 e. The van der Waals surface area contributed by atoms with Crippen molar-refractivity contribution in [2.75, 3.05) is 26.3 Å². The monoisotopic (exact) mass is 266 g/mol. The number of hydrogen-bond acceptors (Lipinski definition) is 8. The molecule has 0 unspecified atom stereocenters. The van der Waals surface area contributed by atoms with Gasteiger partial charge >= 0.3 is 11.8 Å². The summed E-state index contributed by atoms with van der Waals surface area (Å²) < 4.78 is 0. The Bertz CT molecular complexity index is 323. The summed E-state index contributed by atoms with van der Waals surface area (Å²) in [4.78, 5) is 43.4. The smallest absolute Gasteiger partial charge is 0.376 e. The lowest BCUT2D eigenvalue weighted by Crippen LogP contribution is -2.50. The first kappa shape index (κ1) is 15.7. The van der Waals surface area contributed by atoms with Crippen LogP contribution in [-0.2, 0) is 9.59 Å². The summed E-state index contributed by atoms with van der Waals surface area (Å²) >= 11 is 0. The van der Waals surface area contributed by atoms with Crippen molar-refractivity contribution in [3.8, 4) is 0 Å². The molecular weight excluding hydrogens is 256 g/mol. The third-order valence-corrected chi connectivity index (χ3v) is 1.67. The molecule has 0 radical (unpaired) electrons. The maximum atomic E-state index is 11.3. The minimum absolute atomic E-state index is 0.254. The number of aliphatic hydroxyl groups is 2. The van der Waals surface area contributed by atoms with Crippen LogP contribution in [0.25, 0.3) is 0 Å². The third kappa shape index (κ3) is 3.91. The fourth-order valence-corrected chi connectivity index (χ4v) is 0.925. The molecular formula is C6H10N4O8. The molecule has 0 aromatic heterocycles. The number of amides is 2. The molecule has 0 rings (SSSR count). The van der Waals surface area contributed by atoms with E-state index in [9.17, 15) is 29.8 Å². The molecule has 102 valence electrons. The summed E-state index contributed by atoms with van der Waals surface area (Å²) in [6.45, 7) is -3.17. The Morgan fingerprint density at radius 2 is 1.17 bits per heavy atom. The van der Waals surface area contributed by atoms with E-state index in [1.54, 1.807) is 0 Å². The Hall–Kier alpha value is -2.34. The zero-order valence-corrected chi connectivity index (χ0v) is 8.96. The highest BCUT2D eigenvalue weighted by molar-refractivity contribution is 6.34. The average molecular weight is 266 g/mol. The van der Waals surface area contributed by atoms with Crippen LogP contribution < -0.4 is 0 Å². The molecule has 0 saturated heterocycles. The van der Waals surface area contributed by atoms with Crippen molar-refractivity contribution in [3.05, 3.63) is 20.2 Å². The first-order valence-electron chi connectivity index (χ1n) is 4.50. The van der Waals surface area contributed by atoms with Crippen LogP contribution in [0.5, 0.6) is 0 Å². The number of carbonyl (C=O) groups is 2. The van der Waals surface area contributed by atoms with Crippen molar-refractivity contribution in [2.45, 2.75) is 0 Å². The van der Waals surface area contributed by atoms with E-state index in [0.29, 0.717) is 0 Å². The van der Waals surface area contributed by atoms with Gasteiger partial charge in [-0.3, -0.25) is 9.59 Å². The van der Waals surface area contributed by atoms with Crippen LogP contribution in [-0.4, -0.2) is 68.4 Å². The molecule has 0 saturated carbocycles. The predicted molar refractivity (Wildman–Crippen MR) is 51.6 cm³/mol. The van der Waals surface area contributed by atoms with E-state index >= 15 is 0 Å². The summed E-state index contributed by atoms with van der Waals surface area (Å²) in [5, 5.41) is 34.7. The van der Waals surface area contributed by atoms with Gasteiger partial charge in [0.15, 0.2) is 10.1 Å². The Morgan fingerprint density at radius 1 is 0.889 bits per heavy atom. The Morgan fingerprint density at radius 3 is 1.33 bits per heavy atom. The lowest BCUT2D eigenvalue weighted by molar-refractivity contribution is -0.642. The first-order valence-corrected chi connectivity index (χ1v) is 4.50. The van der Waals surface area contributed by atoms with Crippen molar-refractivity contribution in [1.29, 1.82) is 0 Å². The van der Waals surface area contributed by atoms with E-state index in [1.807, 2.05) is 0 Å². The largest absolute Gasteiger partial charge is 0.394 e. The van der Waals surface area contributed by atoms with Gasteiger partial charge in [0.05, 0.1) is 13.2 Å². The minimum atomic E-state index is -1.78. The van der Waals surface area contributed by atoms with Crippen molar-refractivity contribution >= 4 is 11.8 Å². The quantitative estimate of drug-likeness (QED) is 0.291. The Balaban J connectivity index is 4.98. The second-order valence-electron chi connectivity index (χ2n) is 2.78. The van der Waals surface area contributed by atoms with Gasteiger partial charge in [-0.05, 0) is 10.0 Å². The number of rotatable bonds is 6. The summed E-state index contributed by atoms with van der Waals surface area (Å²) in [5.74, 6) is -3.56. The number of nitrogens with zero attached hydrogens (tertiary/aromatic N) is 4. The molecule has 0 aromatic carbocycles. The van der Waals surface area contributed by atoms with E-state index in [-0.39, 0.29) is 10.0 Å². The van der Waals surface area contributed by atoms with E-state index in [1.165, 1.54) is 0 Å². The SMILES string of the molecule is O=C(C(=O)N(CCO)[N+](=O)[O-])N(CCO)[N+](=O)[O-]. The van der Waals surface area contributed by atoms with Gasteiger partial charge in [-0.1, -0.05) is 0 Å². The van der Waals surface area contributed by atoms with Crippen LogP contribution in [0.15, 0.2) is 0 Å². The van der Waals surface area contributed by atoms with Gasteiger partial charge in [-0.15, -0.1) is 0 Å². The van der Waals surface area contributed by atoms with E-state index in [0.717, 1.165) is 0 Å². The van der Waals surface area contributed by atoms with Gasteiger partial charge in [-0.25, -0.2) is 20.2 Å². The highest BCUT2D eigenvalue weighted by Gasteiger charge is 2.38. The second-order valence-corrected chi connectivity index (χ2v) is 2.78. The molecule has 12 heteroatoms. The highest BCUT2D eigenvalue weighted by atomic mass is 16.7. The zero-order chi connectivity index (χ0) is 14.3. The highest BCUT2D eigenvalue weighted by Crippen LogP contribution is 1.97. The van der Waals surface area contributed by atoms with Crippen LogP contribution in [0, 0.1) is 20.2 Å². The van der Waals surface area contributed by atoms with Gasteiger partial charge in [0, 0.05) is 0 Å². The topological polar surface area (TPSA) is 167 Å². The van der Waals surface area contributed by atoms with Crippen LogP contribution in [0.1, 0.15) is 0 Å². The molecule has 0 fully saturated rings. The summed E-state index contributed by atoms with van der Waals surface area (Å²) in [7, 11) is 0. The molecule has 0 aliphatic carbocycles. The third-order valence-electron chi connectivity index (χ3n) is 1.67. The fourth-order valence-electron chi connectivity index (χ4n) is 0.925. The van der Waals surface area contributed by atoms with E-state index in [2.05, 4.69) is 0 Å². The molecule has 0 aliphatic rings. The molecule has 0 heterocycles. The zero-order valence-electron chi connectivity index (χ0n) is 8.96. The average Bonchev–Trinajstić information content (AvgIpc) is 2.30. The fraction of sp³-hybridized carbons (Fsp3) is 0.667. The molecule has 0 aromatic rings. The maximum Gasteiger partial charge on any atom is 0.376 e. The van der Waals surface area contributed by atoms with Gasteiger partial charge in [-0.2, -0.15) is 0 Å². The van der Waals surface area contributed by atoms with Crippen LogP contribution >= 0.6 is 0 Å². The molecule has 2 N–H and O–H groups in total.